The normalized spacial score (nSPS) is 16.7. The summed E-state index contributed by atoms with van der Waals surface area (Å²) in [6.07, 6.45) is 0. The van der Waals surface area contributed by atoms with E-state index in [1.165, 1.54) is 4.90 Å². The van der Waals surface area contributed by atoms with E-state index in [-0.39, 0.29) is 18.6 Å². The Labute approximate surface area is 113 Å². The Kier molecular flexibility index (Phi) is 4.27. The van der Waals surface area contributed by atoms with Crippen molar-refractivity contribution in [1.82, 2.24) is 10.2 Å². The second-order valence-electron chi connectivity index (χ2n) is 4.70. The zero-order valence-corrected chi connectivity index (χ0v) is 11.6. The maximum absolute atomic E-state index is 11.4. The van der Waals surface area contributed by atoms with Crippen LogP contribution in [0.1, 0.15) is 18.5 Å². The first-order valence-corrected chi connectivity index (χ1v) is 6.45. The number of hydrogen-bond donors (Lipinski definition) is 1. The number of carbonyl (C=O) groups is 1. The zero-order valence-electron chi connectivity index (χ0n) is 11.6. The molecule has 5 nitrogen and oxygen atoms in total. The molecule has 1 amide bonds. The fourth-order valence-corrected chi connectivity index (χ4v) is 1.97. The highest BCUT2D eigenvalue weighted by molar-refractivity contribution is 5.77. The molecule has 0 spiro atoms. The van der Waals surface area contributed by atoms with Crippen molar-refractivity contribution in [3.63, 3.8) is 0 Å². The second kappa shape index (κ2) is 5.93. The van der Waals surface area contributed by atoms with Crippen molar-refractivity contribution in [2.75, 3.05) is 33.9 Å². The standard InChI is InChI=1S/C14H20N2O3/c1-4-15-12-8-19-13-7-10(5-6-11(12)13)18-9-14(17)16(2)3/h5-7,12,15H,4,8-9H2,1-3H3. The Hall–Kier alpha value is -1.75. The van der Waals surface area contributed by atoms with Crippen molar-refractivity contribution in [2.24, 2.45) is 0 Å². The molecule has 1 atom stereocenters. The van der Waals surface area contributed by atoms with Crippen LogP contribution in [0.4, 0.5) is 0 Å². The second-order valence-corrected chi connectivity index (χ2v) is 4.70. The lowest BCUT2D eigenvalue weighted by molar-refractivity contribution is -0.130. The first kappa shape index (κ1) is 13.7. The summed E-state index contributed by atoms with van der Waals surface area (Å²) >= 11 is 0. The minimum atomic E-state index is -0.0630. The van der Waals surface area contributed by atoms with Crippen LogP contribution in [0.2, 0.25) is 0 Å². The number of nitrogens with one attached hydrogen (secondary N) is 1. The van der Waals surface area contributed by atoms with Gasteiger partial charge in [0.25, 0.3) is 5.91 Å². The third kappa shape index (κ3) is 3.17. The van der Waals surface area contributed by atoms with E-state index in [4.69, 9.17) is 9.47 Å². The molecule has 0 radical (unpaired) electrons. The lowest BCUT2D eigenvalue weighted by Crippen LogP contribution is -2.27. The van der Waals surface area contributed by atoms with Gasteiger partial charge in [-0.15, -0.1) is 0 Å². The maximum Gasteiger partial charge on any atom is 0.259 e. The zero-order chi connectivity index (χ0) is 13.8. The molecule has 1 aromatic carbocycles. The number of ether oxygens (including phenoxy) is 2. The Morgan fingerprint density at radius 1 is 1.53 bits per heavy atom. The van der Waals surface area contributed by atoms with Gasteiger partial charge in [0.15, 0.2) is 6.61 Å². The van der Waals surface area contributed by atoms with Crippen molar-refractivity contribution in [2.45, 2.75) is 13.0 Å². The number of amides is 1. The lowest BCUT2D eigenvalue weighted by atomic mass is 10.1. The van der Waals surface area contributed by atoms with Crippen LogP contribution in [0.15, 0.2) is 18.2 Å². The van der Waals surface area contributed by atoms with Gasteiger partial charge in [-0.2, -0.15) is 0 Å². The van der Waals surface area contributed by atoms with Crippen molar-refractivity contribution in [3.8, 4) is 11.5 Å². The van der Waals surface area contributed by atoms with Gasteiger partial charge in [0.2, 0.25) is 0 Å². The number of fused-ring (bicyclic) bond motifs is 1. The summed E-state index contributed by atoms with van der Waals surface area (Å²) in [6.45, 7) is 3.66. The van der Waals surface area contributed by atoms with E-state index in [0.717, 1.165) is 17.9 Å². The van der Waals surface area contributed by atoms with E-state index in [1.54, 1.807) is 14.1 Å². The molecule has 0 aromatic heterocycles. The summed E-state index contributed by atoms with van der Waals surface area (Å²) in [5.74, 6) is 1.43. The van der Waals surface area contributed by atoms with Crippen molar-refractivity contribution in [1.29, 1.82) is 0 Å². The van der Waals surface area contributed by atoms with E-state index >= 15 is 0 Å². The van der Waals surface area contributed by atoms with Gasteiger partial charge < -0.3 is 19.7 Å². The summed E-state index contributed by atoms with van der Waals surface area (Å²) < 4.78 is 11.1. The van der Waals surface area contributed by atoms with Gasteiger partial charge in [-0.05, 0) is 18.7 Å². The molecule has 0 saturated heterocycles. The fourth-order valence-electron chi connectivity index (χ4n) is 1.97. The highest BCUT2D eigenvalue weighted by Crippen LogP contribution is 2.35. The third-order valence-corrected chi connectivity index (χ3v) is 3.08. The average molecular weight is 264 g/mol. The van der Waals surface area contributed by atoms with E-state index < -0.39 is 0 Å². The fraction of sp³-hybridized carbons (Fsp3) is 0.500. The number of likely N-dealkylation sites (N-methyl/N-ethyl adjacent to an activating group) is 2. The van der Waals surface area contributed by atoms with Crippen LogP contribution in [-0.4, -0.2) is 44.7 Å². The minimum Gasteiger partial charge on any atom is -0.491 e. The Morgan fingerprint density at radius 3 is 3.00 bits per heavy atom. The molecule has 1 unspecified atom stereocenters. The lowest BCUT2D eigenvalue weighted by Gasteiger charge is -2.12. The van der Waals surface area contributed by atoms with Crippen LogP contribution >= 0.6 is 0 Å². The summed E-state index contributed by atoms with van der Waals surface area (Å²) in [5.41, 5.74) is 1.15. The van der Waals surface area contributed by atoms with Crippen molar-refractivity contribution in [3.05, 3.63) is 23.8 Å². The van der Waals surface area contributed by atoms with Crippen LogP contribution < -0.4 is 14.8 Å². The molecule has 104 valence electrons. The summed E-state index contributed by atoms with van der Waals surface area (Å²) in [5, 5.41) is 3.36. The molecule has 19 heavy (non-hydrogen) atoms. The highest BCUT2D eigenvalue weighted by atomic mass is 16.5. The predicted octanol–water partition coefficient (Wildman–Crippen LogP) is 1.20. The van der Waals surface area contributed by atoms with Gasteiger partial charge in [0.05, 0.1) is 6.04 Å². The molecule has 5 heteroatoms. The molecule has 1 N–H and O–H groups in total. The van der Waals surface area contributed by atoms with E-state index in [1.807, 2.05) is 18.2 Å². The first-order chi connectivity index (χ1) is 9.11. The van der Waals surface area contributed by atoms with Crippen LogP contribution in [-0.2, 0) is 4.79 Å². The number of hydrogen-bond acceptors (Lipinski definition) is 4. The van der Waals surface area contributed by atoms with E-state index in [9.17, 15) is 4.79 Å². The molecule has 2 rings (SSSR count). The smallest absolute Gasteiger partial charge is 0.259 e. The van der Waals surface area contributed by atoms with Crippen molar-refractivity contribution >= 4 is 5.91 Å². The molecule has 0 saturated carbocycles. The molecule has 0 fully saturated rings. The first-order valence-electron chi connectivity index (χ1n) is 6.45. The predicted molar refractivity (Wildman–Crippen MR) is 72.5 cm³/mol. The van der Waals surface area contributed by atoms with Gasteiger partial charge >= 0.3 is 0 Å². The number of carbonyl (C=O) groups excluding carboxylic acids is 1. The molecule has 1 aliphatic heterocycles. The average Bonchev–Trinajstić information content (AvgIpc) is 2.79. The Balaban J connectivity index is 2.00. The molecule has 0 aliphatic carbocycles. The number of benzene rings is 1. The molecule has 0 bridgehead atoms. The summed E-state index contributed by atoms with van der Waals surface area (Å²) in [7, 11) is 3.41. The van der Waals surface area contributed by atoms with Gasteiger partial charge in [0.1, 0.15) is 18.1 Å². The van der Waals surface area contributed by atoms with Gasteiger partial charge in [-0.3, -0.25) is 4.79 Å². The number of nitrogens with zero attached hydrogens (tertiary/aromatic N) is 1. The summed E-state index contributed by atoms with van der Waals surface area (Å²) in [4.78, 5) is 13.0. The Morgan fingerprint density at radius 2 is 2.32 bits per heavy atom. The highest BCUT2D eigenvalue weighted by Gasteiger charge is 2.23. The minimum absolute atomic E-state index is 0.0441. The third-order valence-electron chi connectivity index (χ3n) is 3.08. The van der Waals surface area contributed by atoms with Crippen LogP contribution in [0, 0.1) is 0 Å². The van der Waals surface area contributed by atoms with Crippen molar-refractivity contribution < 1.29 is 14.3 Å². The van der Waals surface area contributed by atoms with Gasteiger partial charge in [0, 0.05) is 25.7 Å². The molecular formula is C14H20N2O3. The van der Waals surface area contributed by atoms with E-state index in [0.29, 0.717) is 12.4 Å². The van der Waals surface area contributed by atoms with Crippen LogP contribution in [0.5, 0.6) is 11.5 Å². The van der Waals surface area contributed by atoms with Crippen LogP contribution in [0.25, 0.3) is 0 Å². The quantitative estimate of drug-likeness (QED) is 0.868. The Bertz CT molecular complexity index is 460. The van der Waals surface area contributed by atoms with Gasteiger partial charge in [-0.1, -0.05) is 6.92 Å². The largest absolute Gasteiger partial charge is 0.491 e. The van der Waals surface area contributed by atoms with E-state index in [2.05, 4.69) is 12.2 Å². The maximum atomic E-state index is 11.4. The molecule has 1 aromatic rings. The molecule has 1 heterocycles. The summed E-state index contributed by atoms with van der Waals surface area (Å²) in [6, 6.07) is 5.96. The topological polar surface area (TPSA) is 50.8 Å². The van der Waals surface area contributed by atoms with Crippen LogP contribution in [0.3, 0.4) is 0 Å². The number of rotatable bonds is 5. The SMILES string of the molecule is CCNC1COc2cc(OCC(=O)N(C)C)ccc21. The van der Waals surface area contributed by atoms with Gasteiger partial charge in [-0.25, -0.2) is 0 Å². The monoisotopic (exact) mass is 264 g/mol. The molecule has 1 aliphatic rings. The molecular weight excluding hydrogens is 244 g/mol.